The minimum absolute atomic E-state index is 0.109. The SMILES string of the molecule is CCCNC(c1cncc(C)c1)c1cc(Cl)cc(Br)c1. The smallest absolute Gasteiger partial charge is 0.0592 e. The van der Waals surface area contributed by atoms with Crippen molar-refractivity contribution in [3.05, 3.63) is 62.8 Å². The zero-order valence-corrected chi connectivity index (χ0v) is 14.0. The number of hydrogen-bond acceptors (Lipinski definition) is 2. The molecular weight excluding hydrogens is 336 g/mol. The summed E-state index contributed by atoms with van der Waals surface area (Å²) in [6.45, 7) is 5.16. The molecule has 0 aliphatic rings. The molecule has 1 aromatic carbocycles. The molecule has 1 N–H and O–H groups in total. The molecule has 0 aliphatic carbocycles. The highest BCUT2D eigenvalue weighted by molar-refractivity contribution is 9.10. The van der Waals surface area contributed by atoms with Gasteiger partial charge in [-0.15, -0.1) is 0 Å². The van der Waals surface area contributed by atoms with Gasteiger partial charge in [-0.2, -0.15) is 0 Å². The van der Waals surface area contributed by atoms with Crippen LogP contribution in [0.15, 0.2) is 41.1 Å². The molecule has 0 saturated carbocycles. The lowest BCUT2D eigenvalue weighted by atomic mass is 9.99. The standard InChI is InChI=1S/C16H18BrClN2/c1-3-4-20-16(13-5-11(2)9-19-10-13)12-6-14(17)8-15(18)7-12/h5-10,16,20H,3-4H2,1-2H3. The molecule has 0 saturated heterocycles. The van der Waals surface area contributed by atoms with Gasteiger partial charge in [-0.05, 0) is 54.8 Å². The van der Waals surface area contributed by atoms with Gasteiger partial charge in [-0.25, -0.2) is 0 Å². The maximum atomic E-state index is 6.17. The molecule has 1 atom stereocenters. The van der Waals surface area contributed by atoms with Crippen molar-refractivity contribution in [2.75, 3.05) is 6.54 Å². The summed E-state index contributed by atoms with van der Waals surface area (Å²) < 4.78 is 0.990. The fourth-order valence-electron chi connectivity index (χ4n) is 2.19. The molecular formula is C16H18BrClN2. The third-order valence-electron chi connectivity index (χ3n) is 3.05. The number of nitrogens with one attached hydrogen (secondary N) is 1. The second-order valence-electron chi connectivity index (χ2n) is 4.89. The maximum Gasteiger partial charge on any atom is 0.0592 e. The van der Waals surface area contributed by atoms with Crippen LogP contribution in [0, 0.1) is 6.92 Å². The van der Waals surface area contributed by atoms with Crippen molar-refractivity contribution in [1.82, 2.24) is 10.3 Å². The van der Waals surface area contributed by atoms with E-state index in [9.17, 15) is 0 Å². The Morgan fingerprint density at radius 2 is 2.00 bits per heavy atom. The molecule has 1 heterocycles. The topological polar surface area (TPSA) is 24.9 Å². The quantitative estimate of drug-likeness (QED) is 0.827. The zero-order chi connectivity index (χ0) is 14.5. The Bertz CT molecular complexity index is 566. The third kappa shape index (κ3) is 4.05. The van der Waals surface area contributed by atoms with E-state index in [0.717, 1.165) is 39.2 Å². The summed E-state index contributed by atoms with van der Waals surface area (Å²) >= 11 is 9.68. The number of hydrogen-bond donors (Lipinski definition) is 1. The molecule has 0 aliphatic heterocycles. The van der Waals surface area contributed by atoms with Gasteiger partial charge in [0.15, 0.2) is 0 Å². The first-order chi connectivity index (χ1) is 9.60. The summed E-state index contributed by atoms with van der Waals surface area (Å²) in [6, 6.07) is 8.27. The molecule has 4 heteroatoms. The first-order valence-corrected chi connectivity index (χ1v) is 7.88. The summed E-state index contributed by atoms with van der Waals surface area (Å²) in [5, 5.41) is 4.30. The third-order valence-corrected chi connectivity index (χ3v) is 3.72. The predicted octanol–water partition coefficient (Wildman–Crippen LogP) is 4.89. The van der Waals surface area contributed by atoms with Gasteiger partial charge in [-0.3, -0.25) is 4.98 Å². The van der Waals surface area contributed by atoms with Gasteiger partial charge in [0.1, 0.15) is 0 Å². The average Bonchev–Trinajstić information content (AvgIpc) is 2.38. The van der Waals surface area contributed by atoms with E-state index in [1.165, 1.54) is 0 Å². The molecule has 0 fully saturated rings. The summed E-state index contributed by atoms with van der Waals surface area (Å²) in [5.74, 6) is 0. The van der Waals surface area contributed by atoms with Crippen LogP contribution >= 0.6 is 27.5 Å². The van der Waals surface area contributed by atoms with Crippen LogP contribution in [0.1, 0.15) is 36.1 Å². The van der Waals surface area contributed by atoms with Gasteiger partial charge in [-0.1, -0.05) is 40.5 Å². The van der Waals surface area contributed by atoms with Crippen LogP contribution in [0.5, 0.6) is 0 Å². The Balaban J connectivity index is 2.41. The maximum absolute atomic E-state index is 6.17. The lowest BCUT2D eigenvalue weighted by Gasteiger charge is -2.20. The van der Waals surface area contributed by atoms with Crippen molar-refractivity contribution in [2.45, 2.75) is 26.3 Å². The molecule has 2 nitrogen and oxygen atoms in total. The molecule has 1 aromatic heterocycles. The molecule has 0 amide bonds. The van der Waals surface area contributed by atoms with E-state index in [2.05, 4.69) is 52.2 Å². The van der Waals surface area contributed by atoms with Gasteiger partial charge >= 0.3 is 0 Å². The van der Waals surface area contributed by atoms with E-state index in [1.807, 2.05) is 24.5 Å². The number of pyridine rings is 1. The molecule has 1 unspecified atom stereocenters. The Hall–Kier alpha value is -0.900. The molecule has 0 bridgehead atoms. The van der Waals surface area contributed by atoms with Gasteiger partial charge in [0.05, 0.1) is 6.04 Å². The van der Waals surface area contributed by atoms with Crippen molar-refractivity contribution in [3.63, 3.8) is 0 Å². The van der Waals surface area contributed by atoms with Crippen LogP contribution < -0.4 is 5.32 Å². The molecule has 106 valence electrons. The number of rotatable bonds is 5. The van der Waals surface area contributed by atoms with Gasteiger partial charge < -0.3 is 5.32 Å². The molecule has 2 rings (SSSR count). The minimum Gasteiger partial charge on any atom is -0.306 e. The fourth-order valence-corrected chi connectivity index (χ4v) is 3.08. The van der Waals surface area contributed by atoms with Crippen LogP contribution in [-0.4, -0.2) is 11.5 Å². The highest BCUT2D eigenvalue weighted by atomic mass is 79.9. The lowest BCUT2D eigenvalue weighted by molar-refractivity contribution is 0.596. The van der Waals surface area contributed by atoms with E-state index >= 15 is 0 Å². The first kappa shape index (κ1) is 15.5. The second kappa shape index (κ2) is 7.21. The highest BCUT2D eigenvalue weighted by Gasteiger charge is 2.15. The normalized spacial score (nSPS) is 12.4. The Kier molecular flexibility index (Phi) is 5.58. The van der Waals surface area contributed by atoms with E-state index in [1.54, 1.807) is 0 Å². The van der Waals surface area contributed by atoms with Gasteiger partial charge in [0.25, 0.3) is 0 Å². The molecule has 0 radical (unpaired) electrons. The van der Waals surface area contributed by atoms with Crippen molar-refractivity contribution >= 4 is 27.5 Å². The summed E-state index contributed by atoms with van der Waals surface area (Å²) in [6.07, 6.45) is 4.86. The number of aromatic nitrogens is 1. The predicted molar refractivity (Wildman–Crippen MR) is 88.3 cm³/mol. The van der Waals surface area contributed by atoms with E-state index in [4.69, 9.17) is 11.6 Å². The van der Waals surface area contributed by atoms with Gasteiger partial charge in [0, 0.05) is 21.9 Å². The highest BCUT2D eigenvalue weighted by Crippen LogP contribution is 2.28. The molecule has 0 spiro atoms. The monoisotopic (exact) mass is 352 g/mol. The first-order valence-electron chi connectivity index (χ1n) is 6.71. The minimum atomic E-state index is 0.109. The summed E-state index contributed by atoms with van der Waals surface area (Å²) in [7, 11) is 0. The fraction of sp³-hybridized carbons (Fsp3) is 0.312. The number of nitrogens with zero attached hydrogens (tertiary/aromatic N) is 1. The summed E-state index contributed by atoms with van der Waals surface area (Å²) in [4.78, 5) is 4.30. The molecule has 20 heavy (non-hydrogen) atoms. The van der Waals surface area contributed by atoms with E-state index in [0.29, 0.717) is 0 Å². The van der Waals surface area contributed by atoms with Crippen molar-refractivity contribution < 1.29 is 0 Å². The molecule has 2 aromatic rings. The van der Waals surface area contributed by atoms with Crippen LogP contribution in [-0.2, 0) is 0 Å². The average molecular weight is 354 g/mol. The largest absolute Gasteiger partial charge is 0.306 e. The second-order valence-corrected chi connectivity index (χ2v) is 6.24. The van der Waals surface area contributed by atoms with Gasteiger partial charge in [0.2, 0.25) is 0 Å². The number of benzene rings is 1. The Morgan fingerprint density at radius 1 is 1.20 bits per heavy atom. The number of aryl methyl sites for hydroxylation is 1. The lowest BCUT2D eigenvalue weighted by Crippen LogP contribution is -2.23. The van der Waals surface area contributed by atoms with Crippen molar-refractivity contribution in [3.8, 4) is 0 Å². The summed E-state index contributed by atoms with van der Waals surface area (Å²) in [5.41, 5.74) is 3.46. The van der Waals surface area contributed by atoms with Crippen LogP contribution in [0.4, 0.5) is 0 Å². The van der Waals surface area contributed by atoms with Crippen LogP contribution in [0.25, 0.3) is 0 Å². The Morgan fingerprint density at radius 3 is 2.65 bits per heavy atom. The van der Waals surface area contributed by atoms with Crippen molar-refractivity contribution in [2.24, 2.45) is 0 Å². The van der Waals surface area contributed by atoms with E-state index in [-0.39, 0.29) is 6.04 Å². The Labute approximate surface area is 133 Å². The van der Waals surface area contributed by atoms with Crippen molar-refractivity contribution in [1.29, 1.82) is 0 Å². The van der Waals surface area contributed by atoms with E-state index < -0.39 is 0 Å². The van der Waals surface area contributed by atoms with Crippen LogP contribution in [0.2, 0.25) is 5.02 Å². The zero-order valence-electron chi connectivity index (χ0n) is 11.7. The number of halogens is 2. The van der Waals surface area contributed by atoms with Crippen LogP contribution in [0.3, 0.4) is 0 Å².